The van der Waals surface area contributed by atoms with Gasteiger partial charge in [0, 0.05) is 18.8 Å². The van der Waals surface area contributed by atoms with E-state index >= 15 is 0 Å². The zero-order valence-electron chi connectivity index (χ0n) is 9.17. The van der Waals surface area contributed by atoms with Gasteiger partial charge in [-0.05, 0) is 13.0 Å². The molecule has 2 aromatic heterocycles. The van der Waals surface area contributed by atoms with Gasteiger partial charge in [-0.15, -0.1) is 0 Å². The van der Waals surface area contributed by atoms with Crippen molar-refractivity contribution in [2.75, 3.05) is 12.3 Å². The van der Waals surface area contributed by atoms with Gasteiger partial charge in [-0.3, -0.25) is 4.68 Å². The van der Waals surface area contributed by atoms with E-state index in [1.165, 1.54) is 0 Å². The second-order valence-corrected chi connectivity index (χ2v) is 3.46. The van der Waals surface area contributed by atoms with Crippen molar-refractivity contribution in [3.63, 3.8) is 0 Å². The Morgan fingerprint density at radius 2 is 2.19 bits per heavy atom. The fourth-order valence-corrected chi connectivity index (χ4v) is 1.50. The molecule has 2 rings (SSSR count). The van der Waals surface area contributed by atoms with Crippen LogP contribution < -0.4 is 5.73 Å². The molecule has 0 aromatic carbocycles. The van der Waals surface area contributed by atoms with Crippen molar-refractivity contribution in [1.29, 1.82) is 0 Å². The van der Waals surface area contributed by atoms with Gasteiger partial charge in [-0.25, -0.2) is 4.68 Å². The predicted octanol–water partition coefficient (Wildman–Crippen LogP) is 0.341. The summed E-state index contributed by atoms with van der Waals surface area (Å²) in [7, 11) is 0. The molecular formula is C10H15N5O. The van der Waals surface area contributed by atoms with Gasteiger partial charge < -0.3 is 10.8 Å². The van der Waals surface area contributed by atoms with Crippen molar-refractivity contribution in [2.45, 2.75) is 20.0 Å². The van der Waals surface area contributed by atoms with Crippen LogP contribution in [0.25, 0.3) is 11.4 Å². The second kappa shape index (κ2) is 4.36. The van der Waals surface area contributed by atoms with Crippen LogP contribution in [0.2, 0.25) is 0 Å². The Morgan fingerprint density at radius 1 is 1.38 bits per heavy atom. The van der Waals surface area contributed by atoms with Crippen LogP contribution in [0.1, 0.15) is 6.92 Å². The van der Waals surface area contributed by atoms with E-state index in [2.05, 4.69) is 10.2 Å². The molecule has 16 heavy (non-hydrogen) atoms. The summed E-state index contributed by atoms with van der Waals surface area (Å²) in [5.41, 5.74) is 7.29. The number of nitrogen functional groups attached to an aromatic ring is 1. The van der Waals surface area contributed by atoms with Crippen molar-refractivity contribution in [2.24, 2.45) is 0 Å². The summed E-state index contributed by atoms with van der Waals surface area (Å²) < 4.78 is 3.40. The van der Waals surface area contributed by atoms with Gasteiger partial charge >= 0.3 is 0 Å². The van der Waals surface area contributed by atoms with E-state index in [0.717, 1.165) is 17.9 Å². The van der Waals surface area contributed by atoms with Gasteiger partial charge in [0.1, 0.15) is 17.2 Å². The normalized spacial score (nSPS) is 10.9. The molecule has 0 amide bonds. The maximum Gasteiger partial charge on any atom is 0.122 e. The first-order valence-corrected chi connectivity index (χ1v) is 5.22. The summed E-state index contributed by atoms with van der Waals surface area (Å²) in [5.74, 6) is 0.537. The average Bonchev–Trinajstić information content (AvgIpc) is 2.86. The minimum Gasteiger partial charge on any atom is -0.394 e. The minimum atomic E-state index is 0.0225. The fourth-order valence-electron chi connectivity index (χ4n) is 1.50. The van der Waals surface area contributed by atoms with E-state index in [-0.39, 0.29) is 6.61 Å². The molecule has 0 aliphatic heterocycles. The monoisotopic (exact) mass is 221 g/mol. The Balaban J connectivity index is 2.29. The van der Waals surface area contributed by atoms with Crippen molar-refractivity contribution in [1.82, 2.24) is 19.6 Å². The maximum atomic E-state index is 8.83. The third-order valence-corrected chi connectivity index (χ3v) is 2.35. The summed E-state index contributed by atoms with van der Waals surface area (Å²) in [4.78, 5) is 0. The molecular weight excluding hydrogens is 206 g/mol. The van der Waals surface area contributed by atoms with Gasteiger partial charge in [-0.2, -0.15) is 10.2 Å². The lowest BCUT2D eigenvalue weighted by molar-refractivity contribution is 0.270. The van der Waals surface area contributed by atoms with Gasteiger partial charge in [0.15, 0.2) is 0 Å². The van der Waals surface area contributed by atoms with Crippen LogP contribution in [0.5, 0.6) is 0 Å². The van der Waals surface area contributed by atoms with Crippen LogP contribution in [-0.2, 0) is 13.1 Å². The van der Waals surface area contributed by atoms with Crippen LogP contribution in [0.4, 0.5) is 5.82 Å². The number of hydrogen-bond donors (Lipinski definition) is 2. The highest BCUT2D eigenvalue weighted by atomic mass is 16.3. The molecule has 6 heteroatoms. The molecule has 0 aliphatic rings. The Kier molecular flexibility index (Phi) is 2.91. The molecule has 2 aromatic rings. The van der Waals surface area contributed by atoms with Gasteiger partial charge in [0.2, 0.25) is 0 Å². The first-order valence-electron chi connectivity index (χ1n) is 5.22. The van der Waals surface area contributed by atoms with E-state index in [4.69, 9.17) is 10.8 Å². The van der Waals surface area contributed by atoms with Crippen LogP contribution in [0.15, 0.2) is 18.3 Å². The molecule has 0 aliphatic carbocycles. The lowest BCUT2D eigenvalue weighted by atomic mass is 10.3. The van der Waals surface area contributed by atoms with Crippen molar-refractivity contribution < 1.29 is 5.11 Å². The molecule has 2 heterocycles. The average molecular weight is 221 g/mol. The Bertz CT molecular complexity index is 473. The van der Waals surface area contributed by atoms with Crippen LogP contribution >= 0.6 is 0 Å². The standard InChI is InChI=1S/C10H15N5O/c1-2-14-4-3-8(12-14)9-7-10(11)15(13-9)5-6-16/h3-4,7,16H,2,5-6,11H2,1H3. The summed E-state index contributed by atoms with van der Waals surface area (Å²) in [6.07, 6.45) is 1.90. The lowest BCUT2D eigenvalue weighted by Crippen LogP contribution is -2.07. The first-order chi connectivity index (χ1) is 7.74. The number of aromatic nitrogens is 4. The molecule has 0 unspecified atom stereocenters. The van der Waals surface area contributed by atoms with Gasteiger partial charge in [0.25, 0.3) is 0 Å². The van der Waals surface area contributed by atoms with Crippen LogP contribution in [0, 0.1) is 0 Å². The number of aliphatic hydroxyl groups is 1. The third-order valence-electron chi connectivity index (χ3n) is 2.35. The topological polar surface area (TPSA) is 81.9 Å². The van der Waals surface area contributed by atoms with Crippen molar-refractivity contribution in [3.8, 4) is 11.4 Å². The Hall–Kier alpha value is -1.82. The number of rotatable bonds is 4. The molecule has 3 N–H and O–H groups in total. The second-order valence-electron chi connectivity index (χ2n) is 3.46. The zero-order chi connectivity index (χ0) is 11.5. The third kappa shape index (κ3) is 1.92. The smallest absolute Gasteiger partial charge is 0.122 e. The maximum absolute atomic E-state index is 8.83. The summed E-state index contributed by atoms with van der Waals surface area (Å²) in [6, 6.07) is 3.66. The quantitative estimate of drug-likeness (QED) is 0.780. The van der Waals surface area contributed by atoms with E-state index in [1.54, 1.807) is 10.7 Å². The lowest BCUT2D eigenvalue weighted by Gasteiger charge is -1.98. The van der Waals surface area contributed by atoms with Crippen LogP contribution in [-0.4, -0.2) is 31.3 Å². The number of aryl methyl sites for hydroxylation is 1. The molecule has 0 saturated heterocycles. The van der Waals surface area contributed by atoms with E-state index < -0.39 is 0 Å². The van der Waals surface area contributed by atoms with Gasteiger partial charge in [-0.1, -0.05) is 0 Å². The number of aliphatic hydroxyl groups excluding tert-OH is 1. The molecule has 0 atom stereocenters. The Labute approximate surface area is 93.3 Å². The highest BCUT2D eigenvalue weighted by Crippen LogP contribution is 2.18. The zero-order valence-corrected chi connectivity index (χ0v) is 9.17. The fraction of sp³-hybridized carbons (Fsp3) is 0.400. The minimum absolute atomic E-state index is 0.0225. The molecule has 6 nitrogen and oxygen atoms in total. The predicted molar refractivity (Wildman–Crippen MR) is 60.6 cm³/mol. The summed E-state index contributed by atoms with van der Waals surface area (Å²) in [5, 5.41) is 17.4. The molecule has 86 valence electrons. The molecule has 0 radical (unpaired) electrons. The highest BCUT2D eigenvalue weighted by Gasteiger charge is 2.09. The largest absolute Gasteiger partial charge is 0.394 e. The van der Waals surface area contributed by atoms with Crippen molar-refractivity contribution >= 4 is 5.82 Å². The molecule has 0 bridgehead atoms. The number of hydrogen-bond acceptors (Lipinski definition) is 4. The van der Waals surface area contributed by atoms with E-state index in [9.17, 15) is 0 Å². The number of nitrogens with two attached hydrogens (primary N) is 1. The summed E-state index contributed by atoms with van der Waals surface area (Å²) in [6.45, 7) is 3.28. The number of nitrogens with zero attached hydrogens (tertiary/aromatic N) is 4. The summed E-state index contributed by atoms with van der Waals surface area (Å²) >= 11 is 0. The van der Waals surface area contributed by atoms with E-state index in [1.807, 2.05) is 23.9 Å². The van der Waals surface area contributed by atoms with E-state index in [0.29, 0.717) is 12.4 Å². The highest BCUT2D eigenvalue weighted by molar-refractivity contribution is 5.57. The molecule has 0 spiro atoms. The Morgan fingerprint density at radius 3 is 2.81 bits per heavy atom. The SMILES string of the molecule is CCn1ccc(-c2cc(N)n(CCO)n2)n1. The molecule has 0 saturated carbocycles. The van der Waals surface area contributed by atoms with Crippen molar-refractivity contribution in [3.05, 3.63) is 18.3 Å². The molecule has 0 fully saturated rings. The van der Waals surface area contributed by atoms with Gasteiger partial charge in [0.05, 0.1) is 13.2 Å². The van der Waals surface area contributed by atoms with Crippen LogP contribution in [0.3, 0.4) is 0 Å². The number of anilines is 1. The first kappa shape index (κ1) is 10.7.